The van der Waals surface area contributed by atoms with Crippen LogP contribution in [0.4, 0.5) is 5.69 Å². The Hall–Kier alpha value is -2.63. The number of hydrogen-bond acceptors (Lipinski definition) is 4. The number of pyridine rings is 1. The van der Waals surface area contributed by atoms with Crippen molar-refractivity contribution in [3.8, 4) is 0 Å². The molecule has 1 heterocycles. The van der Waals surface area contributed by atoms with E-state index in [0.29, 0.717) is 32.2 Å². The second-order valence-corrected chi connectivity index (χ2v) is 6.39. The van der Waals surface area contributed by atoms with Crippen molar-refractivity contribution in [2.75, 3.05) is 12.4 Å². The molecule has 0 fully saturated rings. The Morgan fingerprint density at radius 3 is 2.65 bits per heavy atom. The van der Waals surface area contributed by atoms with Gasteiger partial charge in [0.25, 0.3) is 0 Å². The van der Waals surface area contributed by atoms with Crippen molar-refractivity contribution in [3.63, 3.8) is 0 Å². The second kappa shape index (κ2) is 7.72. The third-order valence-electron chi connectivity index (χ3n) is 3.73. The highest BCUT2D eigenvalue weighted by molar-refractivity contribution is 6.40. The summed E-state index contributed by atoms with van der Waals surface area (Å²) in [5, 5.41) is 4.82. The van der Waals surface area contributed by atoms with Crippen LogP contribution in [0.15, 0.2) is 48.7 Å². The molecule has 0 aliphatic rings. The number of carbonyl (C=O) groups is 2. The zero-order chi connectivity index (χ0) is 18.7. The number of methoxy groups -OCH3 is 1. The SMILES string of the molecule is COC(=O)c1cc(NC(=O)Cc2ccccn2)c2c(Cl)cc(Cl)cc2c1. The summed E-state index contributed by atoms with van der Waals surface area (Å²) >= 11 is 12.4. The van der Waals surface area contributed by atoms with Crippen molar-refractivity contribution < 1.29 is 14.3 Å². The Morgan fingerprint density at radius 1 is 1.15 bits per heavy atom. The van der Waals surface area contributed by atoms with E-state index in [2.05, 4.69) is 10.3 Å². The van der Waals surface area contributed by atoms with Crippen molar-refractivity contribution in [1.82, 2.24) is 4.98 Å². The number of aromatic nitrogens is 1. The van der Waals surface area contributed by atoms with Crippen LogP contribution in [0, 0.1) is 0 Å². The van der Waals surface area contributed by atoms with E-state index in [9.17, 15) is 9.59 Å². The van der Waals surface area contributed by atoms with Gasteiger partial charge in [0.2, 0.25) is 5.91 Å². The van der Waals surface area contributed by atoms with Crippen LogP contribution in [0.2, 0.25) is 10.0 Å². The number of halogens is 2. The van der Waals surface area contributed by atoms with E-state index in [-0.39, 0.29) is 17.9 Å². The molecule has 5 nitrogen and oxygen atoms in total. The van der Waals surface area contributed by atoms with Gasteiger partial charge in [0, 0.05) is 22.3 Å². The molecule has 0 saturated heterocycles. The molecule has 0 spiro atoms. The molecule has 0 aliphatic heterocycles. The van der Waals surface area contributed by atoms with Crippen molar-refractivity contribution >= 4 is 51.5 Å². The minimum atomic E-state index is -0.525. The molecule has 0 unspecified atom stereocenters. The first-order chi connectivity index (χ1) is 12.5. The van der Waals surface area contributed by atoms with E-state index in [1.54, 1.807) is 36.5 Å². The maximum atomic E-state index is 12.4. The third kappa shape index (κ3) is 3.95. The maximum absolute atomic E-state index is 12.4. The average molecular weight is 389 g/mol. The number of nitrogens with one attached hydrogen (secondary N) is 1. The lowest BCUT2D eigenvalue weighted by molar-refractivity contribution is -0.115. The minimum Gasteiger partial charge on any atom is -0.465 e. The van der Waals surface area contributed by atoms with Crippen molar-refractivity contribution in [2.45, 2.75) is 6.42 Å². The predicted molar refractivity (Wildman–Crippen MR) is 102 cm³/mol. The first kappa shape index (κ1) is 18.2. The molecule has 3 rings (SSSR count). The van der Waals surface area contributed by atoms with Gasteiger partial charge in [-0.15, -0.1) is 0 Å². The summed E-state index contributed by atoms with van der Waals surface area (Å²) in [5.41, 5.74) is 1.32. The highest BCUT2D eigenvalue weighted by atomic mass is 35.5. The van der Waals surface area contributed by atoms with Gasteiger partial charge < -0.3 is 10.1 Å². The molecule has 1 aromatic heterocycles. The zero-order valence-electron chi connectivity index (χ0n) is 13.8. The van der Waals surface area contributed by atoms with Crippen LogP contribution in [0.3, 0.4) is 0 Å². The monoisotopic (exact) mass is 388 g/mol. The molecule has 0 bridgehead atoms. The van der Waals surface area contributed by atoms with Crippen LogP contribution in [-0.4, -0.2) is 24.0 Å². The summed E-state index contributed by atoms with van der Waals surface area (Å²) in [6, 6.07) is 11.7. The molecular weight excluding hydrogens is 375 g/mol. The average Bonchev–Trinajstić information content (AvgIpc) is 2.60. The lowest BCUT2D eigenvalue weighted by Gasteiger charge is -2.13. The van der Waals surface area contributed by atoms with Gasteiger partial charge >= 0.3 is 5.97 Å². The Labute approximate surface area is 159 Å². The van der Waals surface area contributed by atoms with Crippen LogP contribution < -0.4 is 5.32 Å². The lowest BCUT2D eigenvalue weighted by atomic mass is 10.0. The standard InChI is InChI=1S/C19H14Cl2N2O3/c1-26-19(25)12-6-11-7-13(20)9-15(21)18(11)16(8-12)23-17(24)10-14-4-2-3-5-22-14/h2-9H,10H2,1H3,(H,23,24). The molecule has 0 aliphatic carbocycles. The number of fused-ring (bicyclic) bond motifs is 1. The molecule has 2 aromatic carbocycles. The molecular formula is C19H14Cl2N2O3. The predicted octanol–water partition coefficient (Wildman–Crippen LogP) is 4.51. The number of carbonyl (C=O) groups excluding carboxylic acids is 2. The Balaban J connectivity index is 2.02. The molecule has 0 radical (unpaired) electrons. The summed E-state index contributed by atoms with van der Waals surface area (Å²) < 4.78 is 4.77. The van der Waals surface area contributed by atoms with E-state index >= 15 is 0 Å². The van der Waals surface area contributed by atoms with Crippen LogP contribution >= 0.6 is 23.2 Å². The fourth-order valence-corrected chi connectivity index (χ4v) is 3.24. The number of nitrogens with zero attached hydrogens (tertiary/aromatic N) is 1. The Bertz CT molecular complexity index is 991. The van der Waals surface area contributed by atoms with Crippen molar-refractivity contribution in [3.05, 3.63) is 70.0 Å². The van der Waals surface area contributed by atoms with Gasteiger partial charge in [-0.25, -0.2) is 4.79 Å². The molecule has 1 N–H and O–H groups in total. The zero-order valence-corrected chi connectivity index (χ0v) is 15.3. The van der Waals surface area contributed by atoms with Gasteiger partial charge in [-0.05, 0) is 41.8 Å². The molecule has 132 valence electrons. The Kier molecular flexibility index (Phi) is 5.40. The van der Waals surface area contributed by atoms with E-state index < -0.39 is 5.97 Å². The summed E-state index contributed by atoms with van der Waals surface area (Å²) in [4.78, 5) is 28.5. The normalized spacial score (nSPS) is 10.6. The first-order valence-electron chi connectivity index (χ1n) is 7.69. The van der Waals surface area contributed by atoms with Gasteiger partial charge in [-0.2, -0.15) is 0 Å². The highest BCUT2D eigenvalue weighted by Crippen LogP contribution is 2.35. The first-order valence-corrected chi connectivity index (χ1v) is 8.44. The number of benzene rings is 2. The van der Waals surface area contributed by atoms with E-state index in [4.69, 9.17) is 27.9 Å². The lowest BCUT2D eigenvalue weighted by Crippen LogP contribution is -2.16. The summed E-state index contributed by atoms with van der Waals surface area (Å²) in [5.74, 6) is -0.804. The smallest absolute Gasteiger partial charge is 0.337 e. The van der Waals surface area contributed by atoms with E-state index in [1.165, 1.54) is 13.2 Å². The third-order valence-corrected chi connectivity index (χ3v) is 4.25. The second-order valence-electron chi connectivity index (χ2n) is 5.55. The largest absolute Gasteiger partial charge is 0.465 e. The number of amides is 1. The molecule has 0 atom stereocenters. The Morgan fingerprint density at radius 2 is 1.96 bits per heavy atom. The van der Waals surface area contributed by atoms with Crippen molar-refractivity contribution in [1.29, 1.82) is 0 Å². The fourth-order valence-electron chi connectivity index (χ4n) is 2.62. The molecule has 0 saturated carbocycles. The van der Waals surface area contributed by atoms with Crippen LogP contribution in [0.25, 0.3) is 10.8 Å². The topological polar surface area (TPSA) is 68.3 Å². The summed E-state index contributed by atoms with van der Waals surface area (Å²) in [6.45, 7) is 0. The quantitative estimate of drug-likeness (QED) is 0.667. The number of hydrogen-bond donors (Lipinski definition) is 1. The van der Waals surface area contributed by atoms with Crippen molar-refractivity contribution in [2.24, 2.45) is 0 Å². The van der Waals surface area contributed by atoms with Gasteiger partial charge in [-0.1, -0.05) is 29.3 Å². The van der Waals surface area contributed by atoms with Gasteiger partial charge in [0.15, 0.2) is 0 Å². The van der Waals surface area contributed by atoms with E-state index in [0.717, 1.165) is 0 Å². The van der Waals surface area contributed by atoms with Gasteiger partial charge in [0.05, 0.1) is 29.8 Å². The molecule has 3 aromatic rings. The van der Waals surface area contributed by atoms with E-state index in [1.807, 2.05) is 6.07 Å². The number of rotatable bonds is 4. The minimum absolute atomic E-state index is 0.0932. The maximum Gasteiger partial charge on any atom is 0.337 e. The van der Waals surface area contributed by atoms with Gasteiger partial charge in [-0.3, -0.25) is 9.78 Å². The number of ether oxygens (including phenoxy) is 1. The molecule has 26 heavy (non-hydrogen) atoms. The molecule has 1 amide bonds. The summed E-state index contributed by atoms with van der Waals surface area (Å²) in [7, 11) is 1.29. The fraction of sp³-hybridized carbons (Fsp3) is 0.105. The highest BCUT2D eigenvalue weighted by Gasteiger charge is 2.16. The van der Waals surface area contributed by atoms with Crippen LogP contribution in [0.5, 0.6) is 0 Å². The number of anilines is 1. The number of esters is 1. The summed E-state index contributed by atoms with van der Waals surface area (Å²) in [6.07, 6.45) is 1.71. The van der Waals surface area contributed by atoms with Crippen LogP contribution in [0.1, 0.15) is 16.1 Å². The molecule has 7 heteroatoms. The van der Waals surface area contributed by atoms with Gasteiger partial charge in [0.1, 0.15) is 0 Å². The van der Waals surface area contributed by atoms with Crippen LogP contribution in [-0.2, 0) is 16.0 Å².